The highest BCUT2D eigenvalue weighted by atomic mass is 31.2. The average Bonchev–Trinajstić information content (AvgIpc) is 3.36. The zero-order chi connectivity index (χ0) is 51.7. The molecule has 0 aromatic carbocycles. The molecule has 0 aromatic heterocycles. The maximum atomic E-state index is 12.7. The van der Waals surface area contributed by atoms with E-state index in [9.17, 15) is 19.0 Å². The smallest absolute Gasteiger partial charge is 0.462 e. The Morgan fingerprint density at radius 1 is 0.437 bits per heavy atom. The van der Waals surface area contributed by atoms with Crippen molar-refractivity contribution in [3.05, 3.63) is 85.1 Å². The first-order chi connectivity index (χ1) is 34.8. The number of nitrogens with two attached hydrogens (primary N) is 1. The summed E-state index contributed by atoms with van der Waals surface area (Å²) in [5.74, 6) is -0.833. The topological polar surface area (TPSA) is 134 Å². The predicted octanol–water partition coefficient (Wildman–Crippen LogP) is 18.3. The largest absolute Gasteiger partial charge is 0.472 e. The first kappa shape index (κ1) is 68.2. The van der Waals surface area contributed by atoms with E-state index in [1.807, 2.05) is 0 Å². The number of unbranched alkanes of at least 4 members (excludes halogenated alkanes) is 27. The lowest BCUT2D eigenvalue weighted by Crippen LogP contribution is -2.29. The molecule has 0 spiro atoms. The monoisotopic (exact) mass is 1010 g/mol. The number of hydrogen-bond donors (Lipinski definition) is 2. The van der Waals surface area contributed by atoms with Gasteiger partial charge in [-0.1, -0.05) is 240 Å². The fourth-order valence-corrected chi connectivity index (χ4v) is 8.75. The van der Waals surface area contributed by atoms with Crippen molar-refractivity contribution in [1.29, 1.82) is 0 Å². The molecule has 0 bridgehead atoms. The first-order valence-corrected chi connectivity index (χ1v) is 30.6. The number of allylic oxidation sites excluding steroid dienone is 14. The molecule has 2 atom stereocenters. The molecule has 2 unspecified atom stereocenters. The maximum Gasteiger partial charge on any atom is 0.472 e. The fraction of sp³-hybridized carbons (Fsp3) is 0.738. The molecule has 0 rings (SSSR count). The van der Waals surface area contributed by atoms with Crippen LogP contribution in [0.2, 0.25) is 0 Å². The van der Waals surface area contributed by atoms with Gasteiger partial charge in [-0.25, -0.2) is 4.57 Å². The normalized spacial score (nSPS) is 13.7. The fourth-order valence-electron chi connectivity index (χ4n) is 7.99. The lowest BCUT2D eigenvalue weighted by atomic mass is 10.0. The molecular weight excluding hydrogens is 906 g/mol. The van der Waals surface area contributed by atoms with Crippen LogP contribution in [-0.4, -0.2) is 49.3 Å². The Hall–Kier alpha value is -2.81. The molecule has 0 aliphatic carbocycles. The van der Waals surface area contributed by atoms with E-state index in [-0.39, 0.29) is 38.6 Å². The molecule has 9 nitrogen and oxygen atoms in total. The van der Waals surface area contributed by atoms with Gasteiger partial charge in [0, 0.05) is 19.4 Å². The van der Waals surface area contributed by atoms with Crippen molar-refractivity contribution in [2.45, 2.75) is 264 Å². The van der Waals surface area contributed by atoms with Gasteiger partial charge in [-0.3, -0.25) is 18.6 Å². The standard InChI is InChI=1S/C61H108NO8P/c1-3-5-7-9-11-13-15-17-19-20-21-22-23-24-25-26-27-28-29-30-31-32-33-34-35-36-37-38-40-42-44-46-48-50-52-54-61(64)70-59(58-69-71(65,66)68-56-55-62)57-67-60(63)53-51-49-47-45-43-41-39-18-16-14-12-10-8-6-4-2/h5,7,11,13,17-19,21-22,24-25,27-28,39,59H,3-4,6,8-10,12,14-16,20,23,26,29-38,40-58,62H2,1-2H3,(H,65,66)/b7-5-,13-11-,19-17-,22-21-,25-24-,28-27-,39-18-. The van der Waals surface area contributed by atoms with Gasteiger partial charge in [0.2, 0.25) is 0 Å². The molecule has 410 valence electrons. The van der Waals surface area contributed by atoms with Gasteiger partial charge >= 0.3 is 19.8 Å². The van der Waals surface area contributed by atoms with Crippen LogP contribution < -0.4 is 5.73 Å². The Kier molecular flexibility index (Phi) is 54.2. The summed E-state index contributed by atoms with van der Waals surface area (Å²) in [6.45, 7) is 3.63. The van der Waals surface area contributed by atoms with Crippen molar-refractivity contribution >= 4 is 19.8 Å². The predicted molar refractivity (Wildman–Crippen MR) is 302 cm³/mol. The zero-order valence-corrected chi connectivity index (χ0v) is 46.6. The number of rotatable bonds is 54. The van der Waals surface area contributed by atoms with Gasteiger partial charge in [0.25, 0.3) is 0 Å². The number of phosphoric acid groups is 1. The van der Waals surface area contributed by atoms with Gasteiger partial charge in [-0.05, 0) is 89.9 Å². The highest BCUT2D eigenvalue weighted by Gasteiger charge is 2.26. The molecule has 0 saturated carbocycles. The summed E-state index contributed by atoms with van der Waals surface area (Å²) in [5, 5.41) is 0. The molecule has 0 fully saturated rings. The molecule has 71 heavy (non-hydrogen) atoms. The van der Waals surface area contributed by atoms with Crippen molar-refractivity contribution in [1.82, 2.24) is 0 Å². The highest BCUT2D eigenvalue weighted by Crippen LogP contribution is 2.43. The molecular formula is C61H108NO8P. The number of phosphoric ester groups is 1. The summed E-state index contributed by atoms with van der Waals surface area (Å²) in [5.41, 5.74) is 5.38. The second kappa shape index (κ2) is 56.5. The van der Waals surface area contributed by atoms with Crippen molar-refractivity contribution in [3.8, 4) is 0 Å². The Labute approximate surface area is 436 Å². The third-order valence-corrected chi connectivity index (χ3v) is 13.2. The summed E-state index contributed by atoms with van der Waals surface area (Å²) in [6.07, 6.45) is 73.6. The van der Waals surface area contributed by atoms with E-state index in [1.54, 1.807) is 0 Å². The third-order valence-electron chi connectivity index (χ3n) is 12.3. The minimum atomic E-state index is -4.39. The SMILES string of the molecule is CC/C=C\C/C=C\C/C=C\C/C=C\C/C=C\C/C=C\CCCCCCCCCCCCCCCCCCC(=O)OC(COC(=O)CCCCCCC/C=C\CCCCCCCC)COP(=O)(O)OCCN. The Bertz CT molecular complexity index is 1440. The maximum absolute atomic E-state index is 12.7. The van der Waals surface area contributed by atoms with Gasteiger partial charge in [0.05, 0.1) is 13.2 Å². The lowest BCUT2D eigenvalue weighted by Gasteiger charge is -2.19. The van der Waals surface area contributed by atoms with Crippen molar-refractivity contribution in [3.63, 3.8) is 0 Å². The lowest BCUT2D eigenvalue weighted by molar-refractivity contribution is -0.161. The Morgan fingerprint density at radius 2 is 0.775 bits per heavy atom. The molecule has 0 saturated heterocycles. The Balaban J connectivity index is 3.90. The van der Waals surface area contributed by atoms with Gasteiger partial charge in [0.15, 0.2) is 6.10 Å². The van der Waals surface area contributed by atoms with Crippen molar-refractivity contribution < 1.29 is 37.6 Å². The van der Waals surface area contributed by atoms with E-state index in [1.165, 1.54) is 128 Å². The van der Waals surface area contributed by atoms with E-state index in [2.05, 4.69) is 98.9 Å². The summed E-state index contributed by atoms with van der Waals surface area (Å²) < 4.78 is 33.0. The van der Waals surface area contributed by atoms with Gasteiger partial charge < -0.3 is 20.1 Å². The summed E-state index contributed by atoms with van der Waals surface area (Å²) in [4.78, 5) is 35.1. The molecule has 0 aliphatic rings. The van der Waals surface area contributed by atoms with Gasteiger partial charge in [-0.2, -0.15) is 0 Å². The van der Waals surface area contributed by atoms with Crippen LogP contribution in [-0.2, 0) is 32.7 Å². The minimum absolute atomic E-state index is 0.0507. The molecule has 0 amide bonds. The van der Waals surface area contributed by atoms with Crippen LogP contribution in [0.15, 0.2) is 85.1 Å². The van der Waals surface area contributed by atoms with Crippen LogP contribution in [0.4, 0.5) is 0 Å². The van der Waals surface area contributed by atoms with Crippen molar-refractivity contribution in [2.24, 2.45) is 5.73 Å². The van der Waals surface area contributed by atoms with Crippen LogP contribution >= 0.6 is 7.82 Å². The van der Waals surface area contributed by atoms with Gasteiger partial charge in [-0.15, -0.1) is 0 Å². The number of carbonyl (C=O) groups excluding carboxylic acids is 2. The number of hydrogen-bond acceptors (Lipinski definition) is 8. The van der Waals surface area contributed by atoms with Crippen LogP contribution in [0.5, 0.6) is 0 Å². The Morgan fingerprint density at radius 3 is 1.17 bits per heavy atom. The second-order valence-corrected chi connectivity index (χ2v) is 20.6. The van der Waals surface area contributed by atoms with Crippen LogP contribution in [0.1, 0.15) is 258 Å². The summed E-state index contributed by atoms with van der Waals surface area (Å²) in [6, 6.07) is 0. The number of esters is 2. The van der Waals surface area contributed by atoms with E-state index >= 15 is 0 Å². The second-order valence-electron chi connectivity index (χ2n) is 19.1. The van der Waals surface area contributed by atoms with E-state index in [4.69, 9.17) is 24.3 Å². The van der Waals surface area contributed by atoms with Crippen LogP contribution in [0.3, 0.4) is 0 Å². The molecule has 3 N–H and O–H groups in total. The van der Waals surface area contributed by atoms with Gasteiger partial charge in [0.1, 0.15) is 6.61 Å². The summed E-state index contributed by atoms with van der Waals surface area (Å²) in [7, 11) is -4.39. The van der Waals surface area contributed by atoms with E-state index in [0.717, 1.165) is 96.3 Å². The molecule has 0 radical (unpaired) electrons. The summed E-state index contributed by atoms with van der Waals surface area (Å²) >= 11 is 0. The van der Waals surface area contributed by atoms with E-state index < -0.39 is 26.5 Å². The van der Waals surface area contributed by atoms with E-state index in [0.29, 0.717) is 6.42 Å². The van der Waals surface area contributed by atoms with Crippen LogP contribution in [0.25, 0.3) is 0 Å². The first-order valence-electron chi connectivity index (χ1n) is 29.1. The zero-order valence-electron chi connectivity index (χ0n) is 45.7. The number of carbonyl (C=O) groups is 2. The molecule has 0 heterocycles. The quantitative estimate of drug-likeness (QED) is 0.0264. The molecule has 0 aromatic rings. The molecule has 0 aliphatic heterocycles. The third kappa shape index (κ3) is 56.3. The van der Waals surface area contributed by atoms with Crippen molar-refractivity contribution in [2.75, 3.05) is 26.4 Å². The minimum Gasteiger partial charge on any atom is -0.462 e. The molecule has 10 heteroatoms. The number of ether oxygens (including phenoxy) is 2. The average molecular weight is 1010 g/mol. The van der Waals surface area contributed by atoms with Crippen LogP contribution in [0, 0.1) is 0 Å². The highest BCUT2D eigenvalue weighted by molar-refractivity contribution is 7.47.